The minimum atomic E-state index is 0.394. The summed E-state index contributed by atoms with van der Waals surface area (Å²) in [5.74, 6) is 0.952. The van der Waals surface area contributed by atoms with Gasteiger partial charge in [0.2, 0.25) is 0 Å². The fourth-order valence-corrected chi connectivity index (χ4v) is 2.46. The van der Waals surface area contributed by atoms with Crippen LogP contribution in [0.5, 0.6) is 5.75 Å². The van der Waals surface area contributed by atoms with Gasteiger partial charge in [-0.05, 0) is 50.9 Å². The van der Waals surface area contributed by atoms with Crippen molar-refractivity contribution in [2.24, 2.45) is 0 Å². The average Bonchev–Trinajstić information content (AvgIpc) is 2.41. The molecule has 0 radical (unpaired) electrons. The topological polar surface area (TPSA) is 33.3 Å². The quantitative estimate of drug-likeness (QED) is 0.840. The molecule has 2 N–H and O–H groups in total. The molecule has 1 aromatic carbocycles. The lowest BCUT2D eigenvalue weighted by atomic mass is 10.0. The molecule has 0 aliphatic carbocycles. The van der Waals surface area contributed by atoms with Crippen LogP contribution in [0.25, 0.3) is 0 Å². The van der Waals surface area contributed by atoms with E-state index < -0.39 is 0 Å². The molecule has 1 aliphatic heterocycles. The first-order valence-electron chi connectivity index (χ1n) is 6.99. The van der Waals surface area contributed by atoms with Gasteiger partial charge in [-0.2, -0.15) is 0 Å². The van der Waals surface area contributed by atoms with Gasteiger partial charge in [-0.1, -0.05) is 12.1 Å². The molecule has 1 fully saturated rings. The summed E-state index contributed by atoms with van der Waals surface area (Å²) in [6.45, 7) is 7.20. The Morgan fingerprint density at radius 1 is 1.39 bits per heavy atom. The van der Waals surface area contributed by atoms with E-state index >= 15 is 0 Å². The Balaban J connectivity index is 1.89. The highest BCUT2D eigenvalue weighted by atomic mass is 16.5. The van der Waals surface area contributed by atoms with Gasteiger partial charge in [0.1, 0.15) is 5.75 Å². The van der Waals surface area contributed by atoms with Crippen LogP contribution < -0.4 is 15.4 Å². The first-order valence-corrected chi connectivity index (χ1v) is 6.99. The Hall–Kier alpha value is -1.06. The summed E-state index contributed by atoms with van der Waals surface area (Å²) in [5.41, 5.74) is 1.32. The fraction of sp³-hybridized carbons (Fsp3) is 0.600. The minimum Gasteiger partial charge on any atom is -0.494 e. The summed E-state index contributed by atoms with van der Waals surface area (Å²) in [7, 11) is 0. The molecule has 0 bridgehead atoms. The van der Waals surface area contributed by atoms with Gasteiger partial charge in [0.25, 0.3) is 0 Å². The highest BCUT2D eigenvalue weighted by Crippen LogP contribution is 2.18. The summed E-state index contributed by atoms with van der Waals surface area (Å²) in [6.07, 6.45) is 2.54. The average molecular weight is 248 g/mol. The van der Waals surface area contributed by atoms with Gasteiger partial charge >= 0.3 is 0 Å². The number of benzene rings is 1. The number of hydrogen-bond acceptors (Lipinski definition) is 3. The van der Waals surface area contributed by atoms with Crippen molar-refractivity contribution in [2.45, 2.75) is 38.8 Å². The van der Waals surface area contributed by atoms with Crippen LogP contribution in [-0.2, 0) is 0 Å². The van der Waals surface area contributed by atoms with E-state index in [4.69, 9.17) is 4.74 Å². The van der Waals surface area contributed by atoms with Crippen molar-refractivity contribution >= 4 is 0 Å². The highest BCUT2D eigenvalue weighted by molar-refractivity contribution is 5.29. The zero-order valence-corrected chi connectivity index (χ0v) is 11.4. The van der Waals surface area contributed by atoms with E-state index in [1.54, 1.807) is 0 Å². The van der Waals surface area contributed by atoms with Gasteiger partial charge in [-0.15, -0.1) is 0 Å². The molecular formula is C15H24N2O. The van der Waals surface area contributed by atoms with Crippen LogP contribution in [0.1, 0.15) is 38.3 Å². The van der Waals surface area contributed by atoms with Gasteiger partial charge < -0.3 is 15.4 Å². The van der Waals surface area contributed by atoms with Gasteiger partial charge in [0.05, 0.1) is 6.61 Å². The number of rotatable bonds is 5. The van der Waals surface area contributed by atoms with Gasteiger partial charge in [0, 0.05) is 18.6 Å². The van der Waals surface area contributed by atoms with Crippen LogP contribution in [0.4, 0.5) is 0 Å². The second-order valence-corrected chi connectivity index (χ2v) is 4.93. The van der Waals surface area contributed by atoms with Crippen LogP contribution in [0.3, 0.4) is 0 Å². The lowest BCUT2D eigenvalue weighted by Gasteiger charge is -2.27. The lowest BCUT2D eigenvalue weighted by Crippen LogP contribution is -2.43. The van der Waals surface area contributed by atoms with E-state index in [0.717, 1.165) is 25.4 Å². The first-order chi connectivity index (χ1) is 8.79. The summed E-state index contributed by atoms with van der Waals surface area (Å²) < 4.78 is 5.46. The van der Waals surface area contributed by atoms with Crippen LogP contribution >= 0.6 is 0 Å². The lowest BCUT2D eigenvalue weighted by molar-refractivity contribution is 0.339. The normalized spacial score (nSPS) is 21.6. The fourth-order valence-electron chi connectivity index (χ4n) is 2.46. The van der Waals surface area contributed by atoms with Crippen molar-refractivity contribution < 1.29 is 4.74 Å². The third kappa shape index (κ3) is 3.72. The zero-order chi connectivity index (χ0) is 12.8. The number of hydrogen-bond donors (Lipinski definition) is 2. The molecule has 0 amide bonds. The van der Waals surface area contributed by atoms with Crippen molar-refractivity contribution in [1.29, 1.82) is 0 Å². The molecule has 3 heteroatoms. The van der Waals surface area contributed by atoms with Gasteiger partial charge in [-0.25, -0.2) is 0 Å². The highest BCUT2D eigenvalue weighted by Gasteiger charge is 2.15. The van der Waals surface area contributed by atoms with Crippen LogP contribution in [0.2, 0.25) is 0 Å². The molecule has 2 rings (SSSR count). The van der Waals surface area contributed by atoms with E-state index in [2.05, 4.69) is 41.8 Å². The van der Waals surface area contributed by atoms with Gasteiger partial charge in [-0.3, -0.25) is 0 Å². The van der Waals surface area contributed by atoms with Crippen molar-refractivity contribution in [3.05, 3.63) is 29.8 Å². The molecule has 2 unspecified atom stereocenters. The summed E-state index contributed by atoms with van der Waals surface area (Å²) >= 11 is 0. The molecule has 1 heterocycles. The molecule has 1 saturated heterocycles. The van der Waals surface area contributed by atoms with Gasteiger partial charge in [0.15, 0.2) is 0 Å². The maximum absolute atomic E-state index is 5.46. The van der Waals surface area contributed by atoms with Crippen LogP contribution in [0.15, 0.2) is 24.3 Å². The maximum Gasteiger partial charge on any atom is 0.119 e. The Kier molecular flexibility index (Phi) is 5.02. The molecule has 2 atom stereocenters. The second-order valence-electron chi connectivity index (χ2n) is 4.93. The second kappa shape index (κ2) is 6.76. The van der Waals surface area contributed by atoms with Crippen molar-refractivity contribution in [1.82, 2.24) is 10.6 Å². The third-order valence-corrected chi connectivity index (χ3v) is 3.47. The van der Waals surface area contributed by atoms with Crippen LogP contribution in [-0.4, -0.2) is 25.7 Å². The number of piperidine rings is 1. The summed E-state index contributed by atoms with van der Waals surface area (Å²) in [5, 5.41) is 7.12. The zero-order valence-electron chi connectivity index (χ0n) is 11.4. The Morgan fingerprint density at radius 3 is 2.78 bits per heavy atom. The molecule has 3 nitrogen and oxygen atoms in total. The molecule has 18 heavy (non-hydrogen) atoms. The molecule has 100 valence electrons. The largest absolute Gasteiger partial charge is 0.494 e. The molecule has 1 aliphatic rings. The number of ether oxygens (including phenoxy) is 1. The molecule has 1 aromatic rings. The Bertz CT molecular complexity index is 344. The van der Waals surface area contributed by atoms with E-state index in [1.807, 2.05) is 6.92 Å². The molecule has 0 aromatic heterocycles. The van der Waals surface area contributed by atoms with E-state index in [-0.39, 0.29) is 0 Å². The standard InChI is InChI=1S/C15H24N2O/c1-3-18-15-8-6-13(7-9-15)12(2)17-14-5-4-10-16-11-14/h6-9,12,14,16-17H,3-5,10-11H2,1-2H3. The maximum atomic E-state index is 5.46. The Labute approximate surface area is 110 Å². The Morgan fingerprint density at radius 2 is 2.17 bits per heavy atom. The third-order valence-electron chi connectivity index (χ3n) is 3.47. The van der Waals surface area contributed by atoms with Crippen LogP contribution in [0, 0.1) is 0 Å². The molecular weight excluding hydrogens is 224 g/mol. The predicted molar refractivity (Wildman–Crippen MR) is 75.1 cm³/mol. The molecule has 0 saturated carbocycles. The summed E-state index contributed by atoms with van der Waals surface area (Å²) in [6, 6.07) is 9.40. The van der Waals surface area contributed by atoms with E-state index in [0.29, 0.717) is 12.1 Å². The van der Waals surface area contributed by atoms with E-state index in [9.17, 15) is 0 Å². The monoisotopic (exact) mass is 248 g/mol. The van der Waals surface area contributed by atoms with E-state index in [1.165, 1.54) is 18.4 Å². The minimum absolute atomic E-state index is 0.394. The summed E-state index contributed by atoms with van der Waals surface area (Å²) in [4.78, 5) is 0. The number of nitrogens with one attached hydrogen (secondary N) is 2. The van der Waals surface area contributed by atoms with Crippen molar-refractivity contribution in [2.75, 3.05) is 19.7 Å². The smallest absolute Gasteiger partial charge is 0.119 e. The SMILES string of the molecule is CCOc1ccc(C(C)NC2CCCNC2)cc1. The predicted octanol–water partition coefficient (Wildman–Crippen LogP) is 2.49. The molecule has 0 spiro atoms. The van der Waals surface area contributed by atoms with Crippen molar-refractivity contribution in [3.8, 4) is 5.75 Å². The van der Waals surface area contributed by atoms with Crippen molar-refractivity contribution in [3.63, 3.8) is 0 Å². The first kappa shape index (κ1) is 13.4.